The second kappa shape index (κ2) is 10.0. The first-order chi connectivity index (χ1) is 15.9. The molecule has 8 heteroatoms. The summed E-state index contributed by atoms with van der Waals surface area (Å²) in [5.74, 6) is -1.20. The Morgan fingerprint density at radius 1 is 1.12 bits per heavy atom. The van der Waals surface area contributed by atoms with Crippen LogP contribution in [0, 0.1) is 6.92 Å². The predicted octanol–water partition coefficient (Wildman–Crippen LogP) is 4.81. The third kappa shape index (κ3) is 5.51. The van der Waals surface area contributed by atoms with E-state index >= 15 is 0 Å². The van der Waals surface area contributed by atoms with Crippen LogP contribution in [0.1, 0.15) is 68.3 Å². The van der Waals surface area contributed by atoms with Crippen molar-refractivity contribution in [3.8, 4) is 0 Å². The van der Waals surface area contributed by atoms with Crippen molar-refractivity contribution < 1.29 is 23.5 Å². The number of fused-ring (bicyclic) bond motifs is 1. The van der Waals surface area contributed by atoms with E-state index in [4.69, 9.17) is 9.15 Å². The van der Waals surface area contributed by atoms with Gasteiger partial charge < -0.3 is 19.8 Å². The van der Waals surface area contributed by atoms with Gasteiger partial charge >= 0.3 is 5.97 Å². The zero-order valence-corrected chi connectivity index (χ0v) is 19.4. The lowest BCUT2D eigenvalue weighted by atomic mass is 9.89. The zero-order valence-electron chi connectivity index (χ0n) is 18.6. The van der Waals surface area contributed by atoms with Crippen LogP contribution < -0.4 is 10.6 Å². The summed E-state index contributed by atoms with van der Waals surface area (Å²) in [6.45, 7) is 3.29. The number of rotatable bonds is 7. The molecule has 0 saturated carbocycles. The van der Waals surface area contributed by atoms with Crippen molar-refractivity contribution in [3.05, 3.63) is 75.6 Å². The van der Waals surface area contributed by atoms with Gasteiger partial charge in [-0.05, 0) is 80.0 Å². The second-order valence-corrected chi connectivity index (χ2v) is 9.21. The van der Waals surface area contributed by atoms with Crippen molar-refractivity contribution in [1.29, 1.82) is 0 Å². The molecule has 4 rings (SSSR count). The van der Waals surface area contributed by atoms with Gasteiger partial charge in [0.25, 0.3) is 11.8 Å². The Balaban J connectivity index is 1.30. The van der Waals surface area contributed by atoms with Gasteiger partial charge in [-0.3, -0.25) is 9.59 Å². The molecule has 2 amide bonds. The Hall–Kier alpha value is -3.39. The summed E-state index contributed by atoms with van der Waals surface area (Å²) in [6, 6.07) is 11.0. The zero-order chi connectivity index (χ0) is 23.4. The maximum absolute atomic E-state index is 12.5. The molecule has 1 aliphatic rings. The van der Waals surface area contributed by atoms with Crippen LogP contribution in [0.5, 0.6) is 0 Å². The summed E-state index contributed by atoms with van der Waals surface area (Å²) in [6.07, 6.45) is 6.03. The lowest BCUT2D eigenvalue weighted by molar-refractivity contribution is -0.124. The molecule has 0 bridgehead atoms. The van der Waals surface area contributed by atoms with Gasteiger partial charge in [-0.1, -0.05) is 18.2 Å². The van der Waals surface area contributed by atoms with Gasteiger partial charge in [0.1, 0.15) is 4.88 Å². The summed E-state index contributed by atoms with van der Waals surface area (Å²) in [5.41, 5.74) is 4.45. The van der Waals surface area contributed by atoms with Crippen LogP contribution in [0.15, 0.2) is 47.1 Å². The van der Waals surface area contributed by atoms with Gasteiger partial charge in [0.2, 0.25) is 0 Å². The van der Waals surface area contributed by atoms with E-state index in [0.717, 1.165) is 29.7 Å². The number of nitrogens with one attached hydrogen (secondary N) is 2. The van der Waals surface area contributed by atoms with Crippen molar-refractivity contribution in [3.63, 3.8) is 0 Å². The highest BCUT2D eigenvalue weighted by atomic mass is 32.1. The van der Waals surface area contributed by atoms with Gasteiger partial charge in [0.15, 0.2) is 12.4 Å². The molecule has 0 aliphatic heterocycles. The first-order valence-electron chi connectivity index (χ1n) is 10.9. The highest BCUT2D eigenvalue weighted by molar-refractivity contribution is 7.18. The highest BCUT2D eigenvalue weighted by Gasteiger charge is 2.20. The Labute approximate surface area is 196 Å². The average Bonchev–Trinajstić information content (AvgIpc) is 3.47. The fourth-order valence-corrected chi connectivity index (χ4v) is 4.87. The molecule has 1 atom stereocenters. The van der Waals surface area contributed by atoms with E-state index in [1.54, 1.807) is 25.1 Å². The summed E-state index contributed by atoms with van der Waals surface area (Å²) in [5, 5.41) is 6.07. The lowest BCUT2D eigenvalue weighted by Crippen LogP contribution is -2.31. The summed E-state index contributed by atoms with van der Waals surface area (Å²) in [4.78, 5) is 37.3. The standard InChI is InChI=1S/C25H26N2O5S/c1-15-12-22(27-24(29)20-8-5-11-31-20)33-23(15)25(30)32-14-21(28)26-16(2)18-10-9-17-6-3-4-7-19(17)13-18/h5,8-13,16H,3-4,6-7,14H2,1-2H3,(H,26,28)(H,27,29). The average molecular weight is 467 g/mol. The van der Waals surface area contributed by atoms with Crippen LogP contribution in [0.25, 0.3) is 0 Å². The number of furan rings is 1. The SMILES string of the molecule is Cc1cc(NC(=O)c2ccco2)sc1C(=O)OCC(=O)NC(C)c1ccc2c(c1)CCCC2. The first kappa shape index (κ1) is 22.8. The van der Waals surface area contributed by atoms with Crippen molar-refractivity contribution >= 4 is 34.1 Å². The number of hydrogen-bond acceptors (Lipinski definition) is 6. The third-order valence-electron chi connectivity index (χ3n) is 5.67. The van der Waals surface area contributed by atoms with Gasteiger partial charge in [0, 0.05) is 0 Å². The third-order valence-corrected chi connectivity index (χ3v) is 6.80. The molecule has 1 aromatic carbocycles. The lowest BCUT2D eigenvalue weighted by Gasteiger charge is -2.20. The van der Waals surface area contributed by atoms with Crippen LogP contribution in [-0.4, -0.2) is 24.4 Å². The van der Waals surface area contributed by atoms with E-state index in [0.29, 0.717) is 15.4 Å². The minimum atomic E-state index is -0.604. The number of esters is 1. The summed E-state index contributed by atoms with van der Waals surface area (Å²) >= 11 is 1.09. The minimum Gasteiger partial charge on any atom is -0.459 e. The van der Waals surface area contributed by atoms with Crippen LogP contribution in [0.4, 0.5) is 5.00 Å². The maximum atomic E-state index is 12.5. The second-order valence-electron chi connectivity index (χ2n) is 8.15. The quantitative estimate of drug-likeness (QED) is 0.487. The van der Waals surface area contributed by atoms with Crippen LogP contribution in [0.3, 0.4) is 0 Å². The van der Waals surface area contributed by atoms with Crippen molar-refractivity contribution in [2.24, 2.45) is 0 Å². The normalized spacial score (nSPS) is 13.6. The molecule has 0 radical (unpaired) electrons. The van der Waals surface area contributed by atoms with E-state index in [1.807, 2.05) is 6.92 Å². The molecular formula is C25H26N2O5S. The molecule has 172 valence electrons. The van der Waals surface area contributed by atoms with E-state index in [-0.39, 0.29) is 24.3 Å². The number of amides is 2. The number of hydrogen-bond donors (Lipinski definition) is 2. The number of benzene rings is 1. The van der Waals surface area contributed by atoms with Crippen LogP contribution in [0.2, 0.25) is 0 Å². The van der Waals surface area contributed by atoms with Gasteiger partial charge in [-0.2, -0.15) is 0 Å². The van der Waals surface area contributed by atoms with E-state index in [1.165, 1.54) is 30.2 Å². The minimum absolute atomic E-state index is 0.176. The molecule has 1 aliphatic carbocycles. The van der Waals surface area contributed by atoms with Crippen LogP contribution in [-0.2, 0) is 22.4 Å². The Morgan fingerprint density at radius 2 is 1.91 bits per heavy atom. The number of carbonyl (C=O) groups is 3. The van der Waals surface area contributed by atoms with E-state index < -0.39 is 11.9 Å². The topological polar surface area (TPSA) is 97.6 Å². The van der Waals surface area contributed by atoms with Crippen molar-refractivity contribution in [2.75, 3.05) is 11.9 Å². The number of carbonyl (C=O) groups excluding carboxylic acids is 3. The Bertz CT molecular complexity index is 1170. The number of anilines is 1. The molecule has 0 fully saturated rings. The smallest absolute Gasteiger partial charge is 0.349 e. The molecule has 7 nitrogen and oxygen atoms in total. The monoisotopic (exact) mass is 466 g/mol. The molecule has 33 heavy (non-hydrogen) atoms. The van der Waals surface area contributed by atoms with Crippen LogP contribution >= 0.6 is 11.3 Å². The van der Waals surface area contributed by atoms with Crippen molar-refractivity contribution in [2.45, 2.75) is 45.6 Å². The van der Waals surface area contributed by atoms with Crippen molar-refractivity contribution in [1.82, 2.24) is 5.32 Å². The molecule has 3 aromatic rings. The number of aryl methyl sites for hydroxylation is 3. The molecule has 2 aromatic heterocycles. The van der Waals surface area contributed by atoms with Gasteiger partial charge in [-0.25, -0.2) is 4.79 Å². The largest absolute Gasteiger partial charge is 0.459 e. The molecule has 0 saturated heterocycles. The summed E-state index contributed by atoms with van der Waals surface area (Å²) in [7, 11) is 0. The molecule has 2 N–H and O–H groups in total. The van der Waals surface area contributed by atoms with Gasteiger partial charge in [-0.15, -0.1) is 11.3 Å². The number of ether oxygens (including phenoxy) is 1. The van der Waals surface area contributed by atoms with Gasteiger partial charge in [0.05, 0.1) is 17.3 Å². The molecule has 1 unspecified atom stereocenters. The van der Waals surface area contributed by atoms with E-state index in [2.05, 4.69) is 28.8 Å². The first-order valence-corrected chi connectivity index (χ1v) is 11.8. The molecule has 2 heterocycles. The highest BCUT2D eigenvalue weighted by Crippen LogP contribution is 2.28. The fraction of sp³-hybridized carbons (Fsp3) is 0.320. The Morgan fingerprint density at radius 3 is 2.67 bits per heavy atom. The summed E-state index contributed by atoms with van der Waals surface area (Å²) < 4.78 is 10.3. The number of thiophene rings is 1. The maximum Gasteiger partial charge on any atom is 0.349 e. The fourth-order valence-electron chi connectivity index (χ4n) is 3.91. The molecular weight excluding hydrogens is 440 g/mol. The Kier molecular flexibility index (Phi) is 6.93. The van der Waals surface area contributed by atoms with E-state index in [9.17, 15) is 14.4 Å². The predicted molar refractivity (Wildman–Crippen MR) is 126 cm³/mol. The molecule has 0 spiro atoms.